The minimum atomic E-state index is -0.359. The first-order valence-electron chi connectivity index (χ1n) is 7.57. The Kier molecular flexibility index (Phi) is 5.99. The normalized spacial score (nSPS) is 21.7. The van der Waals surface area contributed by atoms with Crippen LogP contribution < -0.4 is 5.32 Å². The first-order valence-corrected chi connectivity index (χ1v) is 7.57. The molecule has 0 radical (unpaired) electrons. The molecule has 0 aliphatic carbocycles. The molecule has 2 aromatic rings. The molecule has 0 bridgehead atoms. The van der Waals surface area contributed by atoms with Gasteiger partial charge in [0.05, 0.1) is 25.2 Å². The summed E-state index contributed by atoms with van der Waals surface area (Å²) < 4.78 is 10.6. The third-order valence-electron chi connectivity index (χ3n) is 4.46. The largest absolute Gasteiger partial charge is 0.469 e. The molecular weight excluding hydrogens is 314 g/mol. The number of nitrogens with one attached hydrogen (secondary N) is 1. The molecule has 0 saturated carbocycles. The highest BCUT2D eigenvalue weighted by Crippen LogP contribution is 2.30. The van der Waals surface area contributed by atoms with Crippen molar-refractivity contribution in [3.8, 4) is 0 Å². The Labute approximate surface area is 142 Å². The predicted molar refractivity (Wildman–Crippen MR) is 93.2 cm³/mol. The zero-order valence-corrected chi connectivity index (χ0v) is 14.1. The van der Waals surface area contributed by atoms with E-state index in [4.69, 9.17) is 9.47 Å². The lowest BCUT2D eigenvalue weighted by Gasteiger charge is -2.26. The van der Waals surface area contributed by atoms with Gasteiger partial charge in [0.2, 0.25) is 0 Å². The Balaban J connectivity index is 0.00000192. The van der Waals surface area contributed by atoms with E-state index in [2.05, 4.69) is 29.6 Å². The van der Waals surface area contributed by atoms with Crippen molar-refractivity contribution >= 4 is 29.1 Å². The average molecular weight is 336 g/mol. The molecule has 1 unspecified atom stereocenters. The summed E-state index contributed by atoms with van der Waals surface area (Å²) in [5.74, 6) is -0.584. The van der Waals surface area contributed by atoms with Gasteiger partial charge in [0.25, 0.3) is 0 Å². The maximum absolute atomic E-state index is 12.4. The lowest BCUT2D eigenvalue weighted by atomic mass is 9.88. The number of halogens is 1. The second-order valence-electron chi connectivity index (χ2n) is 5.65. The van der Waals surface area contributed by atoms with Crippen molar-refractivity contribution in [2.75, 3.05) is 20.8 Å². The lowest BCUT2D eigenvalue weighted by molar-refractivity contribution is -0.144. The van der Waals surface area contributed by atoms with Gasteiger partial charge in [-0.15, -0.1) is 12.4 Å². The van der Waals surface area contributed by atoms with Crippen molar-refractivity contribution in [2.24, 2.45) is 0 Å². The monoisotopic (exact) mass is 335 g/mol. The average Bonchev–Trinajstić information content (AvgIpc) is 3.03. The van der Waals surface area contributed by atoms with E-state index in [0.29, 0.717) is 0 Å². The van der Waals surface area contributed by atoms with Crippen LogP contribution in [0, 0.1) is 0 Å². The van der Waals surface area contributed by atoms with E-state index >= 15 is 0 Å². The first kappa shape index (κ1) is 17.7. The fraction of sp³-hybridized carbons (Fsp3) is 0.389. The summed E-state index contributed by atoms with van der Waals surface area (Å²) in [5.41, 5.74) is 0.965. The maximum atomic E-state index is 12.4. The van der Waals surface area contributed by atoms with E-state index in [-0.39, 0.29) is 36.4 Å². The number of rotatable bonds is 4. The highest BCUT2D eigenvalue weighted by molar-refractivity contribution is 5.86. The Bertz CT molecular complexity index is 676. The number of hydrogen-bond donors (Lipinski definition) is 1. The molecule has 3 rings (SSSR count). The van der Waals surface area contributed by atoms with Gasteiger partial charge in [-0.1, -0.05) is 42.5 Å². The summed E-state index contributed by atoms with van der Waals surface area (Å²) in [6.45, 7) is 0.851. The number of esters is 1. The molecule has 0 spiro atoms. The first-order chi connectivity index (χ1) is 10.7. The van der Waals surface area contributed by atoms with Gasteiger partial charge in [-0.05, 0) is 29.3 Å². The minimum Gasteiger partial charge on any atom is -0.469 e. The van der Waals surface area contributed by atoms with Crippen LogP contribution in [-0.2, 0) is 14.3 Å². The highest BCUT2D eigenvalue weighted by atomic mass is 35.5. The van der Waals surface area contributed by atoms with Crippen LogP contribution in [0.2, 0.25) is 0 Å². The molecule has 1 heterocycles. The van der Waals surface area contributed by atoms with Crippen molar-refractivity contribution < 1.29 is 14.3 Å². The van der Waals surface area contributed by atoms with E-state index in [1.807, 2.05) is 18.2 Å². The lowest BCUT2D eigenvalue weighted by Crippen LogP contribution is -2.41. The van der Waals surface area contributed by atoms with Gasteiger partial charge in [0, 0.05) is 7.11 Å². The van der Waals surface area contributed by atoms with Crippen LogP contribution in [-0.4, -0.2) is 38.9 Å². The molecule has 1 saturated heterocycles. The van der Waals surface area contributed by atoms with Crippen LogP contribution in [0.25, 0.3) is 10.8 Å². The van der Waals surface area contributed by atoms with Crippen molar-refractivity contribution in [1.29, 1.82) is 0 Å². The van der Waals surface area contributed by atoms with Crippen molar-refractivity contribution in [3.63, 3.8) is 0 Å². The molecule has 0 aromatic heterocycles. The smallest absolute Gasteiger partial charge is 0.314 e. The van der Waals surface area contributed by atoms with Gasteiger partial charge in [-0.3, -0.25) is 4.79 Å². The number of carbonyl (C=O) groups is 1. The molecule has 1 aliphatic rings. The number of methoxy groups -OCH3 is 2. The molecule has 23 heavy (non-hydrogen) atoms. The molecule has 4 nitrogen and oxygen atoms in total. The summed E-state index contributed by atoms with van der Waals surface area (Å²) in [7, 11) is 3.13. The summed E-state index contributed by atoms with van der Waals surface area (Å²) >= 11 is 0. The number of ether oxygens (including phenoxy) is 2. The fourth-order valence-corrected chi connectivity index (χ4v) is 3.32. The van der Waals surface area contributed by atoms with E-state index in [1.165, 1.54) is 7.11 Å². The number of benzene rings is 2. The second kappa shape index (κ2) is 7.77. The molecule has 1 N–H and O–H groups in total. The fourth-order valence-electron chi connectivity index (χ4n) is 3.32. The summed E-state index contributed by atoms with van der Waals surface area (Å²) in [5, 5.41) is 5.68. The minimum absolute atomic E-state index is 0. The predicted octanol–water partition coefficient (Wildman–Crippen LogP) is 2.90. The molecule has 1 aliphatic heterocycles. The number of hydrogen-bond acceptors (Lipinski definition) is 4. The van der Waals surface area contributed by atoms with Crippen LogP contribution in [0.3, 0.4) is 0 Å². The SMILES string of the molecule is COC(=O)C(c1ccc2ccccc2c1)[C@H]1NCC[C@H]1OC.Cl. The summed E-state index contributed by atoms with van der Waals surface area (Å²) in [4.78, 5) is 12.4. The molecule has 1 fully saturated rings. The van der Waals surface area contributed by atoms with Crippen molar-refractivity contribution in [1.82, 2.24) is 5.32 Å². The summed E-state index contributed by atoms with van der Waals surface area (Å²) in [6.07, 6.45) is 0.929. The van der Waals surface area contributed by atoms with Gasteiger partial charge >= 0.3 is 5.97 Å². The zero-order valence-electron chi connectivity index (χ0n) is 13.3. The number of carbonyl (C=O) groups excluding carboxylic acids is 1. The van der Waals surface area contributed by atoms with Crippen LogP contribution in [0.5, 0.6) is 0 Å². The van der Waals surface area contributed by atoms with E-state index in [0.717, 1.165) is 29.3 Å². The third kappa shape index (κ3) is 3.50. The van der Waals surface area contributed by atoms with E-state index in [9.17, 15) is 4.79 Å². The van der Waals surface area contributed by atoms with Gasteiger partial charge in [0.1, 0.15) is 0 Å². The zero-order chi connectivity index (χ0) is 15.5. The van der Waals surface area contributed by atoms with Crippen molar-refractivity contribution in [3.05, 3.63) is 48.0 Å². The second-order valence-corrected chi connectivity index (χ2v) is 5.65. The number of fused-ring (bicyclic) bond motifs is 1. The molecule has 5 heteroatoms. The van der Waals surface area contributed by atoms with Crippen LogP contribution >= 0.6 is 12.4 Å². The Morgan fingerprint density at radius 3 is 2.61 bits per heavy atom. The molecule has 3 atom stereocenters. The van der Waals surface area contributed by atoms with Crippen LogP contribution in [0.4, 0.5) is 0 Å². The highest BCUT2D eigenvalue weighted by Gasteiger charge is 2.39. The quantitative estimate of drug-likeness (QED) is 0.873. The molecule has 2 aromatic carbocycles. The van der Waals surface area contributed by atoms with Crippen LogP contribution in [0.15, 0.2) is 42.5 Å². The van der Waals surface area contributed by atoms with Crippen LogP contribution in [0.1, 0.15) is 17.9 Å². The Hall–Kier alpha value is -1.62. The molecule has 124 valence electrons. The Morgan fingerprint density at radius 2 is 1.91 bits per heavy atom. The third-order valence-corrected chi connectivity index (χ3v) is 4.46. The van der Waals surface area contributed by atoms with E-state index in [1.54, 1.807) is 7.11 Å². The standard InChI is InChI=1S/C18H21NO3.ClH/c1-21-15-9-10-19-17(15)16(18(20)22-2)14-8-7-12-5-3-4-6-13(12)11-14;/h3-8,11,15-17,19H,9-10H2,1-2H3;1H/t15-,16?,17+;/m1./s1. The molecule has 0 amide bonds. The molecular formula is C18H22ClNO3. The van der Waals surface area contributed by atoms with E-state index < -0.39 is 0 Å². The topological polar surface area (TPSA) is 47.6 Å². The maximum Gasteiger partial charge on any atom is 0.314 e. The van der Waals surface area contributed by atoms with Gasteiger partial charge in [-0.25, -0.2) is 0 Å². The summed E-state index contributed by atoms with van der Waals surface area (Å²) in [6, 6.07) is 14.2. The van der Waals surface area contributed by atoms with Gasteiger partial charge in [-0.2, -0.15) is 0 Å². The van der Waals surface area contributed by atoms with Gasteiger partial charge in [0.15, 0.2) is 0 Å². The van der Waals surface area contributed by atoms with Gasteiger partial charge < -0.3 is 14.8 Å². The Morgan fingerprint density at radius 1 is 1.17 bits per heavy atom. The van der Waals surface area contributed by atoms with Crippen molar-refractivity contribution in [2.45, 2.75) is 24.5 Å².